The first-order valence-corrected chi connectivity index (χ1v) is 8.04. The molecule has 0 bridgehead atoms. The number of fused-ring (bicyclic) bond motifs is 1. The van der Waals surface area contributed by atoms with Gasteiger partial charge in [0.15, 0.2) is 0 Å². The zero-order valence-corrected chi connectivity index (χ0v) is 13.7. The largest absolute Gasteiger partial charge is 0.392 e. The van der Waals surface area contributed by atoms with Crippen molar-refractivity contribution in [2.45, 2.75) is 13.2 Å². The van der Waals surface area contributed by atoms with Gasteiger partial charge in [-0.2, -0.15) is 5.10 Å². The van der Waals surface area contributed by atoms with Gasteiger partial charge in [0.05, 0.1) is 18.8 Å². The average molecular weight is 350 g/mol. The normalized spacial score (nSPS) is 11.2. The lowest BCUT2D eigenvalue weighted by Crippen LogP contribution is -2.22. The fourth-order valence-corrected chi connectivity index (χ4v) is 2.95. The van der Waals surface area contributed by atoms with Gasteiger partial charge in [-0.25, -0.2) is 8.91 Å². The molecule has 3 heterocycles. The topological polar surface area (TPSA) is 72.4 Å². The van der Waals surface area contributed by atoms with Gasteiger partial charge in [-0.15, -0.1) is 0 Å². The Kier molecular flexibility index (Phi) is 4.06. The minimum Gasteiger partial charge on any atom is -0.392 e. The van der Waals surface area contributed by atoms with E-state index in [4.69, 9.17) is 0 Å². The molecule has 0 aliphatic rings. The number of aliphatic hydroxyl groups is 1. The SMILES string of the molecule is O=c1c2c(CO)c(-c3ccc(F)cc3)nn2ccn1Cc1ccncc1. The summed E-state index contributed by atoms with van der Waals surface area (Å²) in [6.07, 6.45) is 6.66. The highest BCUT2D eigenvalue weighted by molar-refractivity contribution is 5.72. The van der Waals surface area contributed by atoms with E-state index in [1.807, 2.05) is 12.1 Å². The number of pyridine rings is 1. The van der Waals surface area contributed by atoms with Crippen molar-refractivity contribution < 1.29 is 9.50 Å². The summed E-state index contributed by atoms with van der Waals surface area (Å²) in [5.74, 6) is -0.359. The van der Waals surface area contributed by atoms with E-state index in [-0.39, 0.29) is 18.0 Å². The maximum atomic E-state index is 13.2. The fraction of sp³-hybridized carbons (Fsp3) is 0.105. The highest BCUT2D eigenvalue weighted by Crippen LogP contribution is 2.25. The molecular formula is C19H15FN4O2. The van der Waals surface area contributed by atoms with E-state index in [1.165, 1.54) is 16.6 Å². The summed E-state index contributed by atoms with van der Waals surface area (Å²) < 4.78 is 16.2. The van der Waals surface area contributed by atoms with Gasteiger partial charge in [0.2, 0.25) is 0 Å². The van der Waals surface area contributed by atoms with E-state index in [9.17, 15) is 14.3 Å². The summed E-state index contributed by atoms with van der Waals surface area (Å²) in [4.78, 5) is 16.9. The third-order valence-electron chi connectivity index (χ3n) is 4.24. The third-order valence-corrected chi connectivity index (χ3v) is 4.24. The van der Waals surface area contributed by atoms with Crippen molar-refractivity contribution in [3.8, 4) is 11.3 Å². The second-order valence-corrected chi connectivity index (χ2v) is 5.87. The predicted molar refractivity (Wildman–Crippen MR) is 94.1 cm³/mol. The van der Waals surface area contributed by atoms with Crippen LogP contribution in [-0.4, -0.2) is 24.3 Å². The molecule has 26 heavy (non-hydrogen) atoms. The highest BCUT2D eigenvalue weighted by Gasteiger charge is 2.17. The molecule has 0 radical (unpaired) electrons. The highest BCUT2D eigenvalue weighted by atomic mass is 19.1. The van der Waals surface area contributed by atoms with Crippen molar-refractivity contribution >= 4 is 5.52 Å². The van der Waals surface area contributed by atoms with Gasteiger partial charge in [-0.05, 0) is 42.0 Å². The fourth-order valence-electron chi connectivity index (χ4n) is 2.95. The molecule has 0 aliphatic carbocycles. The Morgan fingerprint density at radius 1 is 1.04 bits per heavy atom. The number of halogens is 1. The van der Waals surface area contributed by atoms with Gasteiger partial charge in [-0.3, -0.25) is 9.78 Å². The van der Waals surface area contributed by atoms with Crippen molar-refractivity contribution in [3.05, 3.63) is 88.5 Å². The van der Waals surface area contributed by atoms with Crippen LogP contribution in [0, 0.1) is 5.82 Å². The molecule has 0 aliphatic heterocycles. The Balaban J connectivity index is 1.86. The molecule has 0 saturated heterocycles. The van der Waals surface area contributed by atoms with Gasteiger partial charge < -0.3 is 9.67 Å². The first-order chi connectivity index (χ1) is 12.7. The first kappa shape index (κ1) is 16.2. The number of aromatic nitrogens is 4. The van der Waals surface area contributed by atoms with Gasteiger partial charge in [0.1, 0.15) is 11.3 Å². The zero-order chi connectivity index (χ0) is 18.1. The standard InChI is InChI=1S/C19H15FN4O2/c20-15-3-1-14(2-4-15)17-16(12-25)18-19(26)23(9-10-24(18)22-17)11-13-5-7-21-8-6-13/h1-10,25H,11-12H2. The Labute approximate surface area is 147 Å². The van der Waals surface area contributed by atoms with Crippen LogP contribution < -0.4 is 5.56 Å². The van der Waals surface area contributed by atoms with E-state index in [2.05, 4.69) is 10.1 Å². The van der Waals surface area contributed by atoms with Crippen molar-refractivity contribution in [3.63, 3.8) is 0 Å². The molecule has 130 valence electrons. The van der Waals surface area contributed by atoms with Crippen LogP contribution in [0.2, 0.25) is 0 Å². The van der Waals surface area contributed by atoms with Gasteiger partial charge in [-0.1, -0.05) is 0 Å². The lowest BCUT2D eigenvalue weighted by molar-refractivity contribution is 0.283. The molecule has 0 fully saturated rings. The third kappa shape index (κ3) is 2.78. The molecule has 6 nitrogen and oxygen atoms in total. The van der Waals surface area contributed by atoms with Crippen molar-refractivity contribution in [2.24, 2.45) is 0 Å². The molecule has 1 N–H and O–H groups in total. The second kappa shape index (κ2) is 6.53. The molecule has 0 amide bonds. The van der Waals surface area contributed by atoms with E-state index >= 15 is 0 Å². The van der Waals surface area contributed by atoms with Crippen molar-refractivity contribution in [1.29, 1.82) is 0 Å². The molecule has 4 aromatic rings. The van der Waals surface area contributed by atoms with Crippen LogP contribution in [-0.2, 0) is 13.2 Å². The van der Waals surface area contributed by atoms with Crippen LogP contribution in [0.4, 0.5) is 4.39 Å². The molecule has 4 rings (SSSR count). The number of rotatable bonds is 4. The first-order valence-electron chi connectivity index (χ1n) is 8.04. The molecule has 0 atom stereocenters. The molecule has 0 spiro atoms. The summed E-state index contributed by atoms with van der Waals surface area (Å²) in [6, 6.07) is 9.47. The van der Waals surface area contributed by atoms with Crippen molar-refractivity contribution in [2.75, 3.05) is 0 Å². The summed E-state index contributed by atoms with van der Waals surface area (Å²) >= 11 is 0. The number of nitrogens with zero attached hydrogens (tertiary/aromatic N) is 4. The van der Waals surface area contributed by atoms with Crippen molar-refractivity contribution in [1.82, 2.24) is 19.2 Å². The van der Waals surface area contributed by atoms with Crippen LogP contribution in [0.1, 0.15) is 11.1 Å². The van der Waals surface area contributed by atoms with Crippen LogP contribution in [0.15, 0.2) is 66.0 Å². The smallest absolute Gasteiger partial charge is 0.277 e. The monoisotopic (exact) mass is 350 g/mol. The van der Waals surface area contributed by atoms with Gasteiger partial charge in [0.25, 0.3) is 5.56 Å². The maximum Gasteiger partial charge on any atom is 0.277 e. The molecule has 1 aromatic carbocycles. The van der Waals surface area contributed by atoms with Crippen LogP contribution in [0.3, 0.4) is 0 Å². The Morgan fingerprint density at radius 3 is 2.46 bits per heavy atom. The summed E-state index contributed by atoms with van der Waals surface area (Å²) in [7, 11) is 0. The molecule has 7 heteroatoms. The van der Waals surface area contributed by atoms with E-state index < -0.39 is 0 Å². The summed E-state index contributed by atoms with van der Waals surface area (Å²) in [5, 5.41) is 14.2. The average Bonchev–Trinajstić information content (AvgIpc) is 3.05. The predicted octanol–water partition coefficient (Wildman–Crippen LogP) is 2.24. The van der Waals surface area contributed by atoms with Gasteiger partial charge >= 0.3 is 0 Å². The Bertz CT molecular complexity index is 1120. The van der Waals surface area contributed by atoms with E-state index in [0.29, 0.717) is 28.9 Å². The molecule has 3 aromatic heterocycles. The molecule has 0 unspecified atom stereocenters. The van der Waals surface area contributed by atoms with Crippen LogP contribution in [0.5, 0.6) is 0 Å². The number of benzene rings is 1. The molecular weight excluding hydrogens is 335 g/mol. The van der Waals surface area contributed by atoms with Crippen LogP contribution in [0.25, 0.3) is 16.8 Å². The molecule has 0 saturated carbocycles. The maximum absolute atomic E-state index is 13.2. The zero-order valence-electron chi connectivity index (χ0n) is 13.7. The lowest BCUT2D eigenvalue weighted by Gasteiger charge is -2.06. The van der Waals surface area contributed by atoms with E-state index in [0.717, 1.165) is 5.56 Å². The van der Waals surface area contributed by atoms with Gasteiger partial charge in [0, 0.05) is 35.9 Å². The number of hydrogen-bond acceptors (Lipinski definition) is 4. The number of aliphatic hydroxyl groups excluding tert-OH is 1. The quantitative estimate of drug-likeness (QED) is 0.613. The lowest BCUT2D eigenvalue weighted by atomic mass is 10.1. The summed E-state index contributed by atoms with van der Waals surface area (Å²) in [5.41, 5.74) is 2.52. The minimum atomic E-state index is -0.359. The number of hydrogen-bond donors (Lipinski definition) is 1. The summed E-state index contributed by atoms with van der Waals surface area (Å²) in [6.45, 7) is 0.0461. The minimum absolute atomic E-state index is 0.255. The van der Waals surface area contributed by atoms with Crippen LogP contribution >= 0.6 is 0 Å². The Hall–Kier alpha value is -3.32. The Morgan fingerprint density at radius 2 is 1.77 bits per heavy atom. The second-order valence-electron chi connectivity index (χ2n) is 5.87. The van der Waals surface area contributed by atoms with E-state index in [1.54, 1.807) is 41.5 Å².